The molecular weight excluding hydrogens is 489 g/mol. The normalized spacial score (nSPS) is 24.8. The number of ether oxygens (including phenoxy) is 1. The Bertz CT molecular complexity index is 1230. The van der Waals surface area contributed by atoms with Crippen LogP contribution in [0.3, 0.4) is 0 Å². The SMILES string of the molecule is CC(C)(O)O[C@H]1CC(n2cnc3c(NC4CCN(c5ccc(C(F)(F)F)cc5)C4)ncnc32)CC1CO. The van der Waals surface area contributed by atoms with Gasteiger partial charge in [-0.1, -0.05) is 0 Å². The average Bonchev–Trinajstić information content (AvgIpc) is 3.56. The van der Waals surface area contributed by atoms with Gasteiger partial charge in [-0.2, -0.15) is 13.2 Å². The second-order valence-corrected chi connectivity index (χ2v) is 10.3. The van der Waals surface area contributed by atoms with E-state index in [0.29, 0.717) is 42.9 Å². The summed E-state index contributed by atoms with van der Waals surface area (Å²) in [6.45, 7) is 4.44. The molecule has 1 saturated heterocycles. The third kappa shape index (κ3) is 5.51. The molecule has 0 spiro atoms. The van der Waals surface area contributed by atoms with Crippen molar-refractivity contribution >= 4 is 22.7 Å². The number of nitrogens with one attached hydrogen (secondary N) is 1. The maximum absolute atomic E-state index is 12.9. The van der Waals surface area contributed by atoms with E-state index in [9.17, 15) is 23.4 Å². The van der Waals surface area contributed by atoms with E-state index in [1.807, 2.05) is 9.47 Å². The predicted octanol–water partition coefficient (Wildman–Crippen LogP) is 3.59. The van der Waals surface area contributed by atoms with Gasteiger partial charge in [-0.25, -0.2) is 15.0 Å². The minimum atomic E-state index is -4.35. The summed E-state index contributed by atoms with van der Waals surface area (Å²) in [6.07, 6.45) is 0.633. The number of benzene rings is 1. The first kappa shape index (κ1) is 25.7. The minimum absolute atomic E-state index is 0.00103. The Morgan fingerprint density at radius 1 is 1.11 bits per heavy atom. The third-order valence-corrected chi connectivity index (χ3v) is 7.12. The molecule has 3 unspecified atom stereocenters. The maximum Gasteiger partial charge on any atom is 0.416 e. The van der Waals surface area contributed by atoms with Gasteiger partial charge in [0, 0.05) is 43.4 Å². The number of nitrogens with zero attached hydrogens (tertiary/aromatic N) is 5. The van der Waals surface area contributed by atoms with Crippen molar-refractivity contribution in [1.29, 1.82) is 0 Å². The highest BCUT2D eigenvalue weighted by atomic mass is 19.4. The zero-order chi connectivity index (χ0) is 26.4. The predicted molar refractivity (Wildman–Crippen MR) is 131 cm³/mol. The van der Waals surface area contributed by atoms with Crippen LogP contribution in [0, 0.1) is 5.92 Å². The van der Waals surface area contributed by atoms with Crippen molar-refractivity contribution in [2.45, 2.75) is 63.3 Å². The Labute approximate surface area is 212 Å². The van der Waals surface area contributed by atoms with Gasteiger partial charge in [-0.3, -0.25) is 0 Å². The summed E-state index contributed by atoms with van der Waals surface area (Å²) in [5, 5.41) is 23.4. The summed E-state index contributed by atoms with van der Waals surface area (Å²) in [5.41, 5.74) is 1.38. The lowest BCUT2D eigenvalue weighted by atomic mass is 10.1. The monoisotopic (exact) mass is 520 g/mol. The molecule has 3 heterocycles. The topological polar surface area (TPSA) is 109 Å². The fraction of sp³-hybridized carbons (Fsp3) is 0.560. The van der Waals surface area contributed by atoms with Crippen LogP contribution in [0.25, 0.3) is 11.2 Å². The summed E-state index contributed by atoms with van der Waals surface area (Å²) in [6, 6.07) is 5.27. The molecule has 5 rings (SSSR count). The summed E-state index contributed by atoms with van der Waals surface area (Å²) < 4.78 is 46.4. The molecule has 2 fully saturated rings. The lowest BCUT2D eigenvalue weighted by Crippen LogP contribution is -2.33. The number of aliphatic hydroxyl groups is 2. The fourth-order valence-electron chi connectivity index (χ4n) is 5.38. The van der Waals surface area contributed by atoms with Crippen LogP contribution >= 0.6 is 0 Å². The van der Waals surface area contributed by atoms with Gasteiger partial charge in [-0.05, 0) is 57.4 Å². The first-order valence-electron chi connectivity index (χ1n) is 12.4. The second kappa shape index (κ2) is 9.73. The van der Waals surface area contributed by atoms with E-state index in [1.165, 1.54) is 18.5 Å². The number of alkyl halides is 3. The van der Waals surface area contributed by atoms with Gasteiger partial charge in [0.2, 0.25) is 0 Å². The van der Waals surface area contributed by atoms with Crippen LogP contribution in [0.1, 0.15) is 44.7 Å². The van der Waals surface area contributed by atoms with Gasteiger partial charge < -0.3 is 29.7 Å². The van der Waals surface area contributed by atoms with E-state index in [0.717, 1.165) is 24.2 Å². The fourth-order valence-corrected chi connectivity index (χ4v) is 5.38. The highest BCUT2D eigenvalue weighted by Gasteiger charge is 2.39. The number of halogens is 3. The van der Waals surface area contributed by atoms with Gasteiger partial charge >= 0.3 is 6.18 Å². The molecule has 2 aliphatic rings. The van der Waals surface area contributed by atoms with E-state index in [4.69, 9.17) is 4.74 Å². The molecule has 2 aromatic heterocycles. The first-order valence-corrected chi connectivity index (χ1v) is 12.4. The molecule has 3 N–H and O–H groups in total. The molecule has 9 nitrogen and oxygen atoms in total. The molecule has 0 amide bonds. The first-order chi connectivity index (χ1) is 17.5. The molecule has 1 aliphatic carbocycles. The van der Waals surface area contributed by atoms with Gasteiger partial charge in [0.15, 0.2) is 17.3 Å². The largest absolute Gasteiger partial charge is 0.416 e. The lowest BCUT2D eigenvalue weighted by molar-refractivity contribution is -0.214. The van der Waals surface area contributed by atoms with Crippen LogP contribution in [0.2, 0.25) is 0 Å². The zero-order valence-electron chi connectivity index (χ0n) is 20.7. The van der Waals surface area contributed by atoms with E-state index in [2.05, 4.69) is 20.3 Å². The Morgan fingerprint density at radius 3 is 2.54 bits per heavy atom. The van der Waals surface area contributed by atoms with Gasteiger partial charge in [-0.15, -0.1) is 0 Å². The van der Waals surface area contributed by atoms with Gasteiger partial charge in [0.05, 0.1) is 18.0 Å². The lowest BCUT2D eigenvalue weighted by Gasteiger charge is -2.26. The van der Waals surface area contributed by atoms with Crippen molar-refractivity contribution in [3.8, 4) is 0 Å². The number of hydrogen-bond acceptors (Lipinski definition) is 8. The molecule has 3 aromatic rings. The van der Waals surface area contributed by atoms with Crippen molar-refractivity contribution in [1.82, 2.24) is 19.5 Å². The second-order valence-electron chi connectivity index (χ2n) is 10.3. The molecule has 1 aromatic carbocycles. The number of imidazole rings is 1. The van der Waals surface area contributed by atoms with Crippen molar-refractivity contribution in [3.05, 3.63) is 42.5 Å². The Hall–Kier alpha value is -2.96. The van der Waals surface area contributed by atoms with E-state index < -0.39 is 17.5 Å². The van der Waals surface area contributed by atoms with Gasteiger partial charge in [0.1, 0.15) is 11.8 Å². The van der Waals surface area contributed by atoms with Crippen LogP contribution < -0.4 is 10.2 Å². The zero-order valence-corrected chi connectivity index (χ0v) is 20.7. The Morgan fingerprint density at radius 2 is 1.86 bits per heavy atom. The van der Waals surface area contributed by atoms with E-state index in [1.54, 1.807) is 20.2 Å². The quantitative estimate of drug-likeness (QED) is 0.406. The van der Waals surface area contributed by atoms with Crippen LogP contribution in [0.5, 0.6) is 0 Å². The number of aromatic nitrogens is 4. The average molecular weight is 521 g/mol. The molecular formula is C25H31F3N6O3. The summed E-state index contributed by atoms with van der Waals surface area (Å²) >= 11 is 0. The summed E-state index contributed by atoms with van der Waals surface area (Å²) in [7, 11) is 0. The van der Waals surface area contributed by atoms with E-state index >= 15 is 0 Å². The van der Waals surface area contributed by atoms with Crippen LogP contribution in [0.15, 0.2) is 36.9 Å². The number of anilines is 2. The number of hydrogen-bond donors (Lipinski definition) is 3. The van der Waals surface area contributed by atoms with Crippen molar-refractivity contribution < 1.29 is 28.1 Å². The molecule has 4 atom stereocenters. The highest BCUT2D eigenvalue weighted by Crippen LogP contribution is 2.39. The van der Waals surface area contributed by atoms with Crippen molar-refractivity contribution in [2.24, 2.45) is 5.92 Å². The van der Waals surface area contributed by atoms with Crippen molar-refractivity contribution in [2.75, 3.05) is 29.9 Å². The Kier molecular flexibility index (Phi) is 6.75. The summed E-state index contributed by atoms with van der Waals surface area (Å²) in [4.78, 5) is 15.5. The molecule has 37 heavy (non-hydrogen) atoms. The van der Waals surface area contributed by atoms with Crippen LogP contribution in [0.4, 0.5) is 24.7 Å². The van der Waals surface area contributed by atoms with Crippen LogP contribution in [-0.2, 0) is 10.9 Å². The number of aliphatic hydroxyl groups excluding tert-OH is 1. The smallest absolute Gasteiger partial charge is 0.396 e. The van der Waals surface area contributed by atoms with Crippen LogP contribution in [-0.4, -0.2) is 67.4 Å². The third-order valence-electron chi connectivity index (χ3n) is 7.12. The van der Waals surface area contributed by atoms with Crippen molar-refractivity contribution in [3.63, 3.8) is 0 Å². The van der Waals surface area contributed by atoms with Gasteiger partial charge in [0.25, 0.3) is 0 Å². The summed E-state index contributed by atoms with van der Waals surface area (Å²) in [5.74, 6) is -0.800. The number of rotatable bonds is 7. The molecule has 200 valence electrons. The van der Waals surface area contributed by atoms with E-state index in [-0.39, 0.29) is 30.7 Å². The molecule has 0 radical (unpaired) electrons. The minimum Gasteiger partial charge on any atom is -0.396 e. The molecule has 0 bridgehead atoms. The Balaban J connectivity index is 1.28. The molecule has 1 aliphatic heterocycles. The molecule has 12 heteroatoms. The molecule has 1 saturated carbocycles. The highest BCUT2D eigenvalue weighted by molar-refractivity contribution is 5.83. The maximum atomic E-state index is 12.9. The standard InChI is InChI=1S/C25H31F3N6O3/c1-24(2,36)37-20-10-19(9-15(20)12-35)34-14-31-21-22(29-13-30-23(21)34)32-17-7-8-33(11-17)18-5-3-16(4-6-18)25(26,27)28/h3-6,13-15,17,19-20,35-36H,7-12H2,1-2H3,(H,29,30,32)/t15?,17?,19?,20-/m0/s1. The number of fused-ring (bicyclic) bond motifs is 1.